The molecule has 25 heavy (non-hydrogen) atoms. The fraction of sp³-hybridized carbons (Fsp3) is 0.471. The maximum Gasteiger partial charge on any atom is 0.251 e. The van der Waals surface area contributed by atoms with Crippen LogP contribution in [0.3, 0.4) is 0 Å². The zero-order valence-electron chi connectivity index (χ0n) is 13.9. The molecule has 3 atom stereocenters. The number of hydrogen-bond donors (Lipinski definition) is 4. The predicted molar refractivity (Wildman–Crippen MR) is 95.9 cm³/mol. The van der Waals surface area contributed by atoms with Gasteiger partial charge < -0.3 is 5.32 Å². The molecule has 0 bridgehead atoms. The Balaban J connectivity index is 1.29. The van der Waals surface area contributed by atoms with Gasteiger partial charge in [0.05, 0.1) is 0 Å². The van der Waals surface area contributed by atoms with Gasteiger partial charge in [-0.1, -0.05) is 23.9 Å². The highest BCUT2D eigenvalue weighted by Crippen LogP contribution is 2.27. The number of aromatic amines is 1. The van der Waals surface area contributed by atoms with E-state index in [1.54, 1.807) is 11.8 Å². The molecule has 2 aromatic rings. The van der Waals surface area contributed by atoms with Crippen molar-refractivity contribution in [2.24, 2.45) is 5.92 Å². The van der Waals surface area contributed by atoms with Gasteiger partial charge >= 0.3 is 0 Å². The number of hydrogen-bond acceptors (Lipinski definition) is 6. The lowest BCUT2D eigenvalue weighted by Gasteiger charge is -2.31. The first kappa shape index (κ1) is 16.6. The van der Waals surface area contributed by atoms with Crippen LogP contribution in [0.25, 0.3) is 0 Å². The van der Waals surface area contributed by atoms with Gasteiger partial charge in [0.1, 0.15) is 6.33 Å². The molecule has 4 rings (SSSR count). The number of amides is 1. The third-order valence-corrected chi connectivity index (χ3v) is 5.90. The first-order valence-electron chi connectivity index (χ1n) is 8.64. The van der Waals surface area contributed by atoms with Gasteiger partial charge in [0.25, 0.3) is 5.91 Å². The Hall–Kier alpha value is -1.90. The number of rotatable bonds is 5. The topological polar surface area (TPSA) is 94.7 Å². The van der Waals surface area contributed by atoms with Crippen LogP contribution in [0.1, 0.15) is 35.2 Å². The summed E-state index contributed by atoms with van der Waals surface area (Å²) in [5, 5.41) is 10.7. The van der Waals surface area contributed by atoms with E-state index in [4.69, 9.17) is 0 Å². The Morgan fingerprint density at radius 3 is 2.96 bits per heavy atom. The lowest BCUT2D eigenvalue weighted by Crippen LogP contribution is -2.44. The van der Waals surface area contributed by atoms with Gasteiger partial charge in [-0.05, 0) is 42.9 Å². The summed E-state index contributed by atoms with van der Waals surface area (Å²) in [6.07, 6.45) is 4.69. The Morgan fingerprint density at radius 1 is 1.28 bits per heavy atom. The Labute approximate surface area is 150 Å². The molecule has 1 saturated carbocycles. The van der Waals surface area contributed by atoms with E-state index in [1.165, 1.54) is 6.33 Å². The predicted octanol–water partition coefficient (Wildman–Crippen LogP) is 1.47. The number of fused-ring (bicyclic) bond motifs is 1. The van der Waals surface area contributed by atoms with Crippen LogP contribution in [0, 0.1) is 5.92 Å². The quantitative estimate of drug-likeness (QED) is 0.605. The average molecular weight is 358 g/mol. The van der Waals surface area contributed by atoms with Crippen molar-refractivity contribution in [3.63, 3.8) is 0 Å². The molecule has 0 spiro atoms. The minimum absolute atomic E-state index is 0.0248. The standard InChI is InChI=1S/C17H22N6OS/c24-16(21-14-5-6-15-13(7-14)8-19-22-15)12-3-1-11(2-4-12)9-25-17-18-10-20-23-17/h1-4,10,13-15,19,22H,5-9H2,(H,21,24)(H,18,20,23). The number of nitrogens with one attached hydrogen (secondary N) is 4. The second-order valence-corrected chi connectivity index (χ2v) is 7.62. The lowest BCUT2D eigenvalue weighted by molar-refractivity contribution is 0.0918. The van der Waals surface area contributed by atoms with Crippen LogP contribution in [0.15, 0.2) is 35.7 Å². The van der Waals surface area contributed by atoms with Crippen molar-refractivity contribution in [3.05, 3.63) is 41.7 Å². The number of carbonyl (C=O) groups is 1. The highest BCUT2D eigenvalue weighted by atomic mass is 32.2. The Bertz CT molecular complexity index is 704. The van der Waals surface area contributed by atoms with Crippen LogP contribution in [0.2, 0.25) is 0 Å². The molecule has 2 aliphatic rings. The van der Waals surface area contributed by atoms with Gasteiger partial charge in [-0.3, -0.25) is 20.7 Å². The van der Waals surface area contributed by atoms with Crippen molar-refractivity contribution >= 4 is 17.7 Å². The fourth-order valence-electron chi connectivity index (χ4n) is 3.57. The number of thioether (sulfide) groups is 1. The molecule has 3 unspecified atom stereocenters. The molecular formula is C17H22N6OS. The van der Waals surface area contributed by atoms with E-state index >= 15 is 0 Å². The third-order valence-electron chi connectivity index (χ3n) is 4.95. The maximum absolute atomic E-state index is 12.5. The highest BCUT2D eigenvalue weighted by molar-refractivity contribution is 7.98. The second kappa shape index (κ2) is 7.55. The molecule has 2 fully saturated rings. The van der Waals surface area contributed by atoms with E-state index in [0.29, 0.717) is 12.0 Å². The molecule has 1 aliphatic heterocycles. The average Bonchev–Trinajstić information content (AvgIpc) is 3.31. The number of H-pyrrole nitrogens is 1. The van der Waals surface area contributed by atoms with E-state index < -0.39 is 0 Å². The van der Waals surface area contributed by atoms with Crippen molar-refractivity contribution < 1.29 is 4.79 Å². The van der Waals surface area contributed by atoms with Crippen LogP contribution < -0.4 is 16.2 Å². The highest BCUT2D eigenvalue weighted by Gasteiger charge is 2.34. The van der Waals surface area contributed by atoms with Gasteiger partial charge in [-0.15, -0.1) is 0 Å². The third kappa shape index (κ3) is 4.02. The first-order chi connectivity index (χ1) is 12.3. The van der Waals surface area contributed by atoms with E-state index in [-0.39, 0.29) is 11.9 Å². The van der Waals surface area contributed by atoms with E-state index in [9.17, 15) is 4.79 Å². The molecule has 1 aromatic heterocycles. The summed E-state index contributed by atoms with van der Waals surface area (Å²) in [7, 11) is 0. The molecule has 1 saturated heterocycles. The molecule has 1 aliphatic carbocycles. The van der Waals surface area contributed by atoms with Gasteiger partial charge in [0, 0.05) is 29.9 Å². The molecule has 132 valence electrons. The minimum atomic E-state index is 0.0248. The van der Waals surface area contributed by atoms with Crippen LogP contribution in [0.4, 0.5) is 0 Å². The number of aromatic nitrogens is 3. The van der Waals surface area contributed by atoms with Crippen LogP contribution in [-0.4, -0.2) is 39.7 Å². The number of carbonyl (C=O) groups excluding carboxylic acids is 1. The van der Waals surface area contributed by atoms with E-state index in [2.05, 4.69) is 31.3 Å². The smallest absolute Gasteiger partial charge is 0.251 e. The molecule has 8 heteroatoms. The van der Waals surface area contributed by atoms with Crippen molar-refractivity contribution in [2.75, 3.05) is 6.54 Å². The van der Waals surface area contributed by atoms with Crippen molar-refractivity contribution in [1.82, 2.24) is 31.3 Å². The maximum atomic E-state index is 12.5. The fourth-order valence-corrected chi connectivity index (χ4v) is 4.30. The Kier molecular flexibility index (Phi) is 5.00. The summed E-state index contributed by atoms with van der Waals surface area (Å²) >= 11 is 1.59. The van der Waals surface area contributed by atoms with Crippen molar-refractivity contribution in [1.29, 1.82) is 0 Å². The molecule has 4 N–H and O–H groups in total. The normalized spacial score (nSPS) is 25.5. The lowest BCUT2D eigenvalue weighted by atomic mass is 9.83. The van der Waals surface area contributed by atoms with Gasteiger partial charge in [0.15, 0.2) is 5.16 Å². The largest absolute Gasteiger partial charge is 0.349 e. The number of benzene rings is 1. The summed E-state index contributed by atoms with van der Waals surface area (Å²) in [6, 6.07) is 8.64. The van der Waals surface area contributed by atoms with Crippen molar-refractivity contribution in [2.45, 2.75) is 42.3 Å². The molecule has 1 amide bonds. The minimum Gasteiger partial charge on any atom is -0.349 e. The van der Waals surface area contributed by atoms with Crippen LogP contribution in [-0.2, 0) is 5.75 Å². The summed E-state index contributed by atoms with van der Waals surface area (Å²) in [5.74, 6) is 1.44. The zero-order chi connectivity index (χ0) is 17.1. The molecule has 1 aromatic carbocycles. The molecule has 2 heterocycles. The monoisotopic (exact) mass is 358 g/mol. The van der Waals surface area contributed by atoms with Gasteiger partial charge in [-0.25, -0.2) is 4.98 Å². The first-order valence-corrected chi connectivity index (χ1v) is 9.63. The van der Waals surface area contributed by atoms with E-state index in [1.807, 2.05) is 24.3 Å². The van der Waals surface area contributed by atoms with E-state index in [0.717, 1.165) is 47.8 Å². The van der Waals surface area contributed by atoms with Crippen LogP contribution in [0.5, 0.6) is 0 Å². The number of hydrazine groups is 1. The molecular weight excluding hydrogens is 336 g/mol. The summed E-state index contributed by atoms with van der Waals surface area (Å²) in [6.45, 7) is 0.995. The summed E-state index contributed by atoms with van der Waals surface area (Å²) in [4.78, 5) is 16.6. The van der Waals surface area contributed by atoms with Crippen molar-refractivity contribution in [3.8, 4) is 0 Å². The zero-order valence-corrected chi connectivity index (χ0v) is 14.7. The van der Waals surface area contributed by atoms with Gasteiger partial charge in [0.2, 0.25) is 0 Å². The summed E-state index contributed by atoms with van der Waals surface area (Å²) < 4.78 is 0. The summed E-state index contributed by atoms with van der Waals surface area (Å²) in [5.41, 5.74) is 8.41. The second-order valence-electron chi connectivity index (χ2n) is 6.65. The van der Waals surface area contributed by atoms with Gasteiger partial charge in [-0.2, -0.15) is 5.10 Å². The van der Waals surface area contributed by atoms with Crippen LogP contribution >= 0.6 is 11.8 Å². The number of nitrogens with zero attached hydrogens (tertiary/aromatic N) is 2. The molecule has 7 nitrogen and oxygen atoms in total. The SMILES string of the molecule is O=C(NC1CCC2NNCC2C1)c1ccc(CSc2ncn[nH]2)cc1. The molecule has 0 radical (unpaired) electrons. The Morgan fingerprint density at radius 2 is 2.16 bits per heavy atom.